The second-order valence-electron chi connectivity index (χ2n) is 2.07. The number of hydrogen-bond donors (Lipinski definition) is 1. The summed E-state index contributed by atoms with van der Waals surface area (Å²) in [7, 11) is 1.62. The third-order valence-electron chi connectivity index (χ3n) is 1.33. The van der Waals surface area contributed by atoms with Crippen LogP contribution in [0.2, 0.25) is 0 Å². The number of methoxy groups -OCH3 is 1. The predicted octanol–water partition coefficient (Wildman–Crippen LogP) is 1.96. The van der Waals surface area contributed by atoms with E-state index in [1.54, 1.807) is 13.2 Å². The van der Waals surface area contributed by atoms with E-state index in [1.807, 2.05) is 24.3 Å². The molecule has 0 saturated carbocycles. The zero-order valence-corrected chi connectivity index (χ0v) is 6.29. The normalized spacial score (nSPS) is 8.45. The summed E-state index contributed by atoms with van der Waals surface area (Å²) in [5.41, 5.74) is 0.930. The molecule has 0 amide bonds. The Bertz CT molecular complexity index is 287. The van der Waals surface area contributed by atoms with Gasteiger partial charge < -0.3 is 4.74 Å². The van der Waals surface area contributed by atoms with Crippen LogP contribution in [0, 0.1) is 5.41 Å². The van der Waals surface area contributed by atoms with Crippen molar-refractivity contribution in [3.63, 3.8) is 0 Å². The summed E-state index contributed by atoms with van der Waals surface area (Å²) in [6.45, 7) is 0. The van der Waals surface area contributed by atoms with Gasteiger partial charge in [-0.2, -0.15) is 0 Å². The van der Waals surface area contributed by atoms with Gasteiger partial charge in [0.05, 0.1) is 7.11 Å². The molecule has 56 valence electrons. The molecule has 0 aliphatic carbocycles. The first-order valence-corrected chi connectivity index (χ1v) is 3.26. The minimum absolute atomic E-state index is 0.800. The van der Waals surface area contributed by atoms with E-state index < -0.39 is 0 Å². The minimum atomic E-state index is 0.800. The lowest BCUT2D eigenvalue weighted by Gasteiger charge is -1.98. The summed E-state index contributed by atoms with van der Waals surface area (Å²) < 4.78 is 4.99. The van der Waals surface area contributed by atoms with Crippen molar-refractivity contribution in [2.45, 2.75) is 0 Å². The van der Waals surface area contributed by atoms with Crippen molar-refractivity contribution in [2.24, 2.45) is 0 Å². The highest BCUT2D eigenvalue weighted by Crippen LogP contribution is 2.12. The second kappa shape index (κ2) is 3.59. The Labute approximate surface area is 65.6 Å². The smallest absolute Gasteiger partial charge is 0.119 e. The van der Waals surface area contributed by atoms with Crippen LogP contribution in [0.3, 0.4) is 0 Å². The minimum Gasteiger partial charge on any atom is -0.497 e. The average molecular weight is 147 g/mol. The number of ether oxygens (including phenoxy) is 1. The highest BCUT2D eigenvalue weighted by Gasteiger charge is 1.89. The van der Waals surface area contributed by atoms with Gasteiger partial charge in [-0.05, 0) is 23.6 Å². The van der Waals surface area contributed by atoms with Gasteiger partial charge in [-0.25, -0.2) is 0 Å². The molecule has 0 fully saturated rings. The molecule has 1 aromatic carbocycles. The van der Waals surface area contributed by atoms with Crippen molar-refractivity contribution in [3.8, 4) is 5.75 Å². The molecule has 1 rings (SSSR count). The Morgan fingerprint density at radius 3 is 3.00 bits per heavy atom. The van der Waals surface area contributed by atoms with E-state index in [-0.39, 0.29) is 0 Å². The lowest BCUT2D eigenvalue weighted by molar-refractivity contribution is 0.414. The SMILES string of the molecule is COc1cccc(C=C=N)c1. The van der Waals surface area contributed by atoms with Gasteiger partial charge in [0, 0.05) is 6.08 Å². The van der Waals surface area contributed by atoms with Crippen molar-refractivity contribution in [2.75, 3.05) is 7.11 Å². The molecule has 0 spiro atoms. The molecule has 0 saturated heterocycles. The van der Waals surface area contributed by atoms with Crippen molar-refractivity contribution >= 4 is 11.9 Å². The van der Waals surface area contributed by atoms with Crippen molar-refractivity contribution in [1.82, 2.24) is 0 Å². The summed E-state index contributed by atoms with van der Waals surface area (Å²) in [5, 5.41) is 6.72. The summed E-state index contributed by atoms with van der Waals surface area (Å²) in [5.74, 6) is 3.00. The Morgan fingerprint density at radius 1 is 1.55 bits per heavy atom. The maximum absolute atomic E-state index is 6.72. The molecule has 0 radical (unpaired) electrons. The van der Waals surface area contributed by atoms with Crippen LogP contribution < -0.4 is 4.74 Å². The van der Waals surface area contributed by atoms with Crippen LogP contribution >= 0.6 is 0 Å². The Balaban J connectivity index is 3.00. The fourth-order valence-corrected chi connectivity index (χ4v) is 0.815. The van der Waals surface area contributed by atoms with E-state index in [0.717, 1.165) is 11.3 Å². The molecular formula is C9H9NO. The molecule has 2 nitrogen and oxygen atoms in total. The average Bonchev–Trinajstić information content (AvgIpc) is 2.06. The molecule has 0 unspecified atom stereocenters. The van der Waals surface area contributed by atoms with Crippen LogP contribution in [-0.4, -0.2) is 13.0 Å². The molecule has 1 N–H and O–H groups in total. The van der Waals surface area contributed by atoms with E-state index in [0.29, 0.717) is 0 Å². The molecule has 2 heteroatoms. The summed E-state index contributed by atoms with van der Waals surface area (Å²) >= 11 is 0. The first-order chi connectivity index (χ1) is 5.36. The van der Waals surface area contributed by atoms with Gasteiger partial charge in [-0.3, -0.25) is 5.41 Å². The van der Waals surface area contributed by atoms with E-state index in [4.69, 9.17) is 10.1 Å². The molecule has 0 aliphatic heterocycles. The molecule has 0 aromatic heterocycles. The van der Waals surface area contributed by atoms with E-state index in [9.17, 15) is 0 Å². The van der Waals surface area contributed by atoms with E-state index in [2.05, 4.69) is 5.87 Å². The lowest BCUT2D eigenvalue weighted by Crippen LogP contribution is -1.81. The molecule has 1 aromatic rings. The van der Waals surface area contributed by atoms with Gasteiger partial charge in [-0.1, -0.05) is 12.1 Å². The van der Waals surface area contributed by atoms with Crippen molar-refractivity contribution in [1.29, 1.82) is 5.41 Å². The number of rotatable bonds is 2. The molecule has 0 atom stereocenters. The summed E-state index contributed by atoms with van der Waals surface area (Å²) in [6, 6.07) is 7.48. The highest BCUT2D eigenvalue weighted by atomic mass is 16.5. The van der Waals surface area contributed by atoms with E-state index in [1.165, 1.54) is 0 Å². The first-order valence-electron chi connectivity index (χ1n) is 3.26. The topological polar surface area (TPSA) is 33.1 Å². The third-order valence-corrected chi connectivity index (χ3v) is 1.33. The fourth-order valence-electron chi connectivity index (χ4n) is 0.815. The van der Waals surface area contributed by atoms with Gasteiger partial charge in [-0.15, -0.1) is 0 Å². The first kappa shape index (κ1) is 7.58. The predicted molar refractivity (Wildman–Crippen MR) is 45.2 cm³/mol. The van der Waals surface area contributed by atoms with Crippen LogP contribution in [0.4, 0.5) is 0 Å². The largest absolute Gasteiger partial charge is 0.497 e. The van der Waals surface area contributed by atoms with E-state index >= 15 is 0 Å². The van der Waals surface area contributed by atoms with Crippen LogP contribution in [0.1, 0.15) is 5.56 Å². The zero-order chi connectivity index (χ0) is 8.10. The number of benzene rings is 1. The van der Waals surface area contributed by atoms with Gasteiger partial charge >= 0.3 is 0 Å². The van der Waals surface area contributed by atoms with Crippen LogP contribution in [-0.2, 0) is 0 Å². The quantitative estimate of drug-likeness (QED) is 0.637. The van der Waals surface area contributed by atoms with Gasteiger partial charge in [0.15, 0.2) is 0 Å². The van der Waals surface area contributed by atoms with Gasteiger partial charge in [0.1, 0.15) is 5.75 Å². The number of hydrogen-bond acceptors (Lipinski definition) is 2. The Morgan fingerprint density at radius 2 is 2.36 bits per heavy atom. The zero-order valence-electron chi connectivity index (χ0n) is 6.29. The van der Waals surface area contributed by atoms with Crippen LogP contribution in [0.25, 0.3) is 6.08 Å². The Hall–Kier alpha value is -1.53. The molecular weight excluding hydrogens is 138 g/mol. The highest BCUT2D eigenvalue weighted by molar-refractivity contribution is 5.76. The van der Waals surface area contributed by atoms with Gasteiger partial charge in [0.25, 0.3) is 0 Å². The monoisotopic (exact) mass is 147 g/mol. The molecule has 0 bridgehead atoms. The maximum atomic E-state index is 6.72. The van der Waals surface area contributed by atoms with Crippen molar-refractivity contribution in [3.05, 3.63) is 29.8 Å². The fraction of sp³-hybridized carbons (Fsp3) is 0.111. The standard InChI is InChI=1S/C9H9NO/c1-11-9-4-2-3-8(7-9)5-6-10/h2-5,7,10H,1H3. The number of nitrogens with one attached hydrogen (secondary N) is 1. The summed E-state index contributed by atoms with van der Waals surface area (Å²) in [4.78, 5) is 0. The molecule has 0 heterocycles. The Kier molecular flexibility index (Phi) is 2.47. The maximum Gasteiger partial charge on any atom is 0.119 e. The van der Waals surface area contributed by atoms with Gasteiger partial charge in [0.2, 0.25) is 0 Å². The van der Waals surface area contributed by atoms with Crippen LogP contribution in [0.5, 0.6) is 5.75 Å². The van der Waals surface area contributed by atoms with Crippen molar-refractivity contribution < 1.29 is 4.74 Å². The second-order valence-corrected chi connectivity index (χ2v) is 2.07. The van der Waals surface area contributed by atoms with Crippen LogP contribution in [0.15, 0.2) is 24.3 Å². The molecule has 11 heavy (non-hydrogen) atoms. The third kappa shape index (κ3) is 1.95. The summed E-state index contributed by atoms with van der Waals surface area (Å²) in [6.07, 6.45) is 1.59. The lowest BCUT2D eigenvalue weighted by atomic mass is 10.2. The molecule has 0 aliphatic rings.